The molecule has 0 aliphatic heterocycles. The van der Waals surface area contributed by atoms with Crippen molar-refractivity contribution in [1.82, 2.24) is 9.96 Å². The molecule has 0 saturated carbocycles. The average molecular weight is 723 g/mol. The Bertz CT molecular complexity index is 717. The van der Waals surface area contributed by atoms with Crippen LogP contribution < -0.4 is 0 Å². The van der Waals surface area contributed by atoms with Crippen molar-refractivity contribution in [2.75, 3.05) is 52.5 Å². The Morgan fingerprint density at radius 2 is 0.941 bits per heavy atom. The van der Waals surface area contributed by atoms with Gasteiger partial charge in [-0.25, -0.2) is 0 Å². The lowest BCUT2D eigenvalue weighted by atomic mass is 10.1. The fourth-order valence-corrected chi connectivity index (χ4v) is 6.33. The standard InChI is InChI=1S/C44H86N2O4.CH4/c1-4-7-10-13-14-15-16-17-18-19-20-21-22-25-28-31-36-45(40-42-49-43-41-47)37-32-29-26-23-24-27-30-35-44(48)50-46(38-33-11-8-5-2)39-34-12-9-6-3;/h14-15,17-18,47H,4-13,16,19-43H2,1-3H3;1H4/b15-14-,18-17-;. The summed E-state index contributed by atoms with van der Waals surface area (Å²) in [5.41, 5.74) is 0. The Morgan fingerprint density at radius 3 is 1.47 bits per heavy atom. The first-order valence-corrected chi connectivity index (χ1v) is 21.8. The van der Waals surface area contributed by atoms with E-state index in [9.17, 15) is 4.79 Å². The zero-order valence-electron chi connectivity index (χ0n) is 33.8. The lowest BCUT2D eigenvalue weighted by Crippen LogP contribution is -2.30. The highest BCUT2D eigenvalue weighted by Gasteiger charge is 2.12. The molecule has 0 bridgehead atoms. The van der Waals surface area contributed by atoms with Gasteiger partial charge in [0.2, 0.25) is 0 Å². The van der Waals surface area contributed by atoms with Gasteiger partial charge < -0.3 is 19.6 Å². The third-order valence-electron chi connectivity index (χ3n) is 9.57. The summed E-state index contributed by atoms with van der Waals surface area (Å²) in [5.74, 6) is -0.0427. The van der Waals surface area contributed by atoms with E-state index in [1.165, 1.54) is 141 Å². The van der Waals surface area contributed by atoms with E-state index in [1.54, 1.807) is 0 Å². The minimum atomic E-state index is -0.0427. The highest BCUT2D eigenvalue weighted by Crippen LogP contribution is 2.13. The minimum absolute atomic E-state index is 0. The Labute approximate surface area is 319 Å². The third kappa shape index (κ3) is 41.4. The monoisotopic (exact) mass is 723 g/mol. The summed E-state index contributed by atoms with van der Waals surface area (Å²) in [6.45, 7) is 13.0. The van der Waals surface area contributed by atoms with Crippen LogP contribution in [0.2, 0.25) is 0 Å². The van der Waals surface area contributed by atoms with Crippen molar-refractivity contribution in [2.45, 2.75) is 208 Å². The highest BCUT2D eigenvalue weighted by molar-refractivity contribution is 5.68. The summed E-state index contributed by atoms with van der Waals surface area (Å²) in [5, 5.41) is 11.0. The summed E-state index contributed by atoms with van der Waals surface area (Å²) in [4.78, 5) is 20.9. The molecule has 0 amide bonds. The van der Waals surface area contributed by atoms with E-state index in [4.69, 9.17) is 14.7 Å². The van der Waals surface area contributed by atoms with Crippen molar-refractivity contribution in [3.05, 3.63) is 24.3 Å². The van der Waals surface area contributed by atoms with Crippen LogP contribution in [0.15, 0.2) is 24.3 Å². The summed E-state index contributed by atoms with van der Waals surface area (Å²) in [6.07, 6.45) is 43.3. The van der Waals surface area contributed by atoms with Crippen molar-refractivity contribution < 1.29 is 19.5 Å². The fraction of sp³-hybridized carbons (Fsp3) is 0.889. The molecular formula is C45H90N2O4. The second-order valence-corrected chi connectivity index (χ2v) is 14.5. The molecule has 0 saturated heterocycles. The van der Waals surface area contributed by atoms with Gasteiger partial charge in [-0.2, -0.15) is 0 Å². The van der Waals surface area contributed by atoms with Crippen LogP contribution in [-0.4, -0.2) is 73.6 Å². The second kappa shape index (κ2) is 44.9. The van der Waals surface area contributed by atoms with Gasteiger partial charge in [0.15, 0.2) is 0 Å². The number of hydroxylamine groups is 2. The van der Waals surface area contributed by atoms with Crippen LogP contribution >= 0.6 is 0 Å². The van der Waals surface area contributed by atoms with Gasteiger partial charge in [0.1, 0.15) is 0 Å². The Balaban J connectivity index is 0. The first-order chi connectivity index (χ1) is 24.7. The van der Waals surface area contributed by atoms with E-state index in [0.29, 0.717) is 19.6 Å². The van der Waals surface area contributed by atoms with Crippen LogP contribution in [0.25, 0.3) is 0 Å². The lowest BCUT2D eigenvalue weighted by molar-refractivity contribution is -0.191. The summed E-state index contributed by atoms with van der Waals surface area (Å²) in [6, 6.07) is 0. The summed E-state index contributed by atoms with van der Waals surface area (Å²) in [7, 11) is 0. The second-order valence-electron chi connectivity index (χ2n) is 14.5. The van der Waals surface area contributed by atoms with Crippen molar-refractivity contribution in [2.24, 2.45) is 0 Å². The molecule has 0 unspecified atom stereocenters. The van der Waals surface area contributed by atoms with E-state index in [0.717, 1.165) is 64.8 Å². The Hall–Kier alpha value is -1.21. The number of nitrogens with zero attached hydrogens (tertiary/aromatic N) is 2. The van der Waals surface area contributed by atoms with Gasteiger partial charge in [-0.1, -0.05) is 162 Å². The van der Waals surface area contributed by atoms with Gasteiger partial charge in [-0.3, -0.25) is 4.79 Å². The normalized spacial score (nSPS) is 11.8. The molecule has 0 aromatic rings. The number of allylic oxidation sites excluding steroid dienone is 4. The Morgan fingerprint density at radius 1 is 0.510 bits per heavy atom. The molecule has 51 heavy (non-hydrogen) atoms. The molecule has 0 rings (SSSR count). The van der Waals surface area contributed by atoms with E-state index in [-0.39, 0.29) is 20.0 Å². The number of ether oxygens (including phenoxy) is 1. The first kappa shape index (κ1) is 51.9. The number of carbonyl (C=O) groups is 1. The van der Waals surface area contributed by atoms with Gasteiger partial charge in [-0.05, 0) is 77.3 Å². The molecule has 0 aromatic carbocycles. The number of hydrogen-bond acceptors (Lipinski definition) is 6. The number of aliphatic hydroxyl groups is 1. The third-order valence-corrected chi connectivity index (χ3v) is 9.57. The van der Waals surface area contributed by atoms with E-state index < -0.39 is 0 Å². The summed E-state index contributed by atoms with van der Waals surface area (Å²) < 4.78 is 5.58. The SMILES string of the molecule is C.CCCCC/C=C\C/C=C\CCCCCCCCN(CCCCCCCCCC(=O)ON(CCCCCC)CCCCCC)CCOCCO. The molecule has 0 aliphatic rings. The van der Waals surface area contributed by atoms with Crippen molar-refractivity contribution in [3.8, 4) is 0 Å². The quantitative estimate of drug-likeness (QED) is 0.0385. The van der Waals surface area contributed by atoms with Crippen LogP contribution in [0, 0.1) is 0 Å². The first-order valence-electron chi connectivity index (χ1n) is 21.8. The van der Waals surface area contributed by atoms with E-state index >= 15 is 0 Å². The molecule has 0 spiro atoms. The molecule has 0 heterocycles. The molecule has 0 radical (unpaired) electrons. The van der Waals surface area contributed by atoms with Gasteiger partial charge in [0, 0.05) is 26.1 Å². The van der Waals surface area contributed by atoms with Gasteiger partial charge in [0.25, 0.3) is 0 Å². The molecule has 304 valence electrons. The van der Waals surface area contributed by atoms with Crippen LogP contribution in [0.4, 0.5) is 0 Å². The fourth-order valence-electron chi connectivity index (χ4n) is 6.33. The maximum absolute atomic E-state index is 12.5. The van der Waals surface area contributed by atoms with Crippen molar-refractivity contribution in [1.29, 1.82) is 0 Å². The maximum atomic E-state index is 12.5. The zero-order chi connectivity index (χ0) is 36.4. The van der Waals surface area contributed by atoms with Crippen LogP contribution in [0.3, 0.4) is 0 Å². The zero-order valence-corrected chi connectivity index (χ0v) is 33.8. The van der Waals surface area contributed by atoms with Crippen LogP contribution in [0.1, 0.15) is 208 Å². The predicted molar refractivity (Wildman–Crippen MR) is 223 cm³/mol. The van der Waals surface area contributed by atoms with Crippen molar-refractivity contribution in [3.63, 3.8) is 0 Å². The number of rotatable bonds is 41. The van der Waals surface area contributed by atoms with E-state index in [2.05, 4.69) is 50.0 Å². The number of aliphatic hydroxyl groups excluding tert-OH is 1. The molecule has 6 nitrogen and oxygen atoms in total. The maximum Gasteiger partial charge on any atom is 0.325 e. The average Bonchev–Trinajstić information content (AvgIpc) is 3.12. The lowest BCUT2D eigenvalue weighted by Gasteiger charge is -2.22. The molecule has 0 aliphatic carbocycles. The molecule has 0 atom stereocenters. The Kier molecular flexibility index (Phi) is 45.7. The summed E-state index contributed by atoms with van der Waals surface area (Å²) >= 11 is 0. The minimum Gasteiger partial charge on any atom is -0.394 e. The van der Waals surface area contributed by atoms with Crippen LogP contribution in [-0.2, 0) is 14.4 Å². The van der Waals surface area contributed by atoms with E-state index in [1.807, 2.05) is 5.06 Å². The number of unbranched alkanes of at least 4 members (excludes halogenated alkanes) is 21. The highest BCUT2D eigenvalue weighted by atomic mass is 16.7. The molecule has 1 N–H and O–H groups in total. The topological polar surface area (TPSA) is 62.2 Å². The van der Waals surface area contributed by atoms with Gasteiger partial charge in [0.05, 0.1) is 19.8 Å². The predicted octanol–water partition coefficient (Wildman–Crippen LogP) is 12.8. The molecule has 0 fully saturated rings. The number of carbonyl (C=O) groups excluding carboxylic acids is 1. The largest absolute Gasteiger partial charge is 0.394 e. The smallest absolute Gasteiger partial charge is 0.325 e. The molecule has 0 aromatic heterocycles. The van der Waals surface area contributed by atoms with Gasteiger partial charge in [-0.15, -0.1) is 5.06 Å². The molecular weight excluding hydrogens is 633 g/mol. The van der Waals surface area contributed by atoms with Gasteiger partial charge >= 0.3 is 5.97 Å². The van der Waals surface area contributed by atoms with Crippen molar-refractivity contribution >= 4 is 5.97 Å². The van der Waals surface area contributed by atoms with Crippen LogP contribution in [0.5, 0.6) is 0 Å². The number of hydrogen-bond donors (Lipinski definition) is 1. The molecule has 6 heteroatoms.